The van der Waals surface area contributed by atoms with Gasteiger partial charge in [0.05, 0.1) is 52.0 Å². The first kappa shape index (κ1) is 35.8. The molecule has 0 heterocycles. The predicted octanol–water partition coefficient (Wildman–Crippen LogP) is 3.58. The number of nitrogens with zero attached hydrogens (tertiary/aromatic N) is 1. The summed E-state index contributed by atoms with van der Waals surface area (Å²) in [6.45, 7) is 7.18. The number of carbonyl (C=O) groups is 2. The number of hydrogen-bond acceptors (Lipinski definition) is 6. The number of unbranched alkanes of at least 4 members (excludes halogenated alkanes) is 9. The van der Waals surface area contributed by atoms with Gasteiger partial charge in [-0.1, -0.05) is 71.1 Å². The van der Waals surface area contributed by atoms with E-state index in [2.05, 4.69) is 12.2 Å². The number of quaternary nitrogens is 1. The number of nitrogens with one attached hydrogen (secondary N) is 1. The molecule has 0 fully saturated rings. The molecule has 0 aromatic rings. The lowest BCUT2D eigenvalue weighted by Gasteiger charge is -2.30. The van der Waals surface area contributed by atoms with Crippen LogP contribution in [0, 0.1) is 0 Å². The summed E-state index contributed by atoms with van der Waals surface area (Å²) in [4.78, 5) is 22.8. The third-order valence-corrected chi connectivity index (χ3v) is 6.76. The van der Waals surface area contributed by atoms with Gasteiger partial charge >= 0.3 is 0 Å². The molecular weight excluding hydrogens is 472 g/mol. The lowest BCUT2D eigenvalue weighted by molar-refractivity contribution is -0.884. The van der Waals surface area contributed by atoms with Crippen molar-refractivity contribution in [1.82, 2.24) is 5.32 Å². The van der Waals surface area contributed by atoms with Gasteiger partial charge in [0.15, 0.2) is 0 Å². The smallest absolute Gasteiger partial charge is 0.219 e. The number of aliphatic hydroxyl groups excluding tert-OH is 1. The Labute approximate surface area is 227 Å². The number of carbonyl (C=O) groups excluding carboxylic acids is 2. The molecule has 0 saturated heterocycles. The molecule has 37 heavy (non-hydrogen) atoms. The molecule has 0 aliphatic carbocycles. The van der Waals surface area contributed by atoms with Crippen LogP contribution in [0.4, 0.5) is 0 Å². The van der Waals surface area contributed by atoms with E-state index in [1.54, 1.807) is 0 Å². The van der Waals surface area contributed by atoms with Gasteiger partial charge < -0.3 is 34.3 Å². The van der Waals surface area contributed by atoms with Crippen molar-refractivity contribution in [2.24, 2.45) is 0 Å². The number of ether oxygens (including phenoxy) is 2. The fraction of sp³-hybridized carbons (Fsp3) is 0.931. The third-order valence-electron chi connectivity index (χ3n) is 6.76. The first-order valence-electron chi connectivity index (χ1n) is 14.9. The number of aliphatic hydroxyl groups is 1. The molecular formula is C29H58N2O6. The molecule has 220 valence electrons. The minimum Gasteiger partial charge on any atom is -0.544 e. The average molecular weight is 531 g/mol. The Bertz CT molecular complexity index is 559. The number of amides is 1. The van der Waals surface area contributed by atoms with Gasteiger partial charge in [0.1, 0.15) is 6.54 Å². The Morgan fingerprint density at radius 2 is 1.49 bits per heavy atom. The molecule has 0 radical (unpaired) electrons. The Kier molecular flexibility index (Phi) is 23.1. The number of carboxylic acid groups (broad SMARTS) is 1. The van der Waals surface area contributed by atoms with Gasteiger partial charge in [-0.2, -0.15) is 0 Å². The highest BCUT2D eigenvalue weighted by Gasteiger charge is 2.19. The molecule has 8 heteroatoms. The predicted molar refractivity (Wildman–Crippen MR) is 147 cm³/mol. The molecule has 2 atom stereocenters. The summed E-state index contributed by atoms with van der Waals surface area (Å²) < 4.78 is 11.7. The van der Waals surface area contributed by atoms with E-state index in [-0.39, 0.29) is 18.6 Å². The molecule has 0 aliphatic rings. The fourth-order valence-corrected chi connectivity index (χ4v) is 4.52. The highest BCUT2D eigenvalue weighted by atomic mass is 16.5. The quantitative estimate of drug-likeness (QED) is 0.124. The molecule has 2 N–H and O–H groups in total. The average Bonchev–Trinajstić information content (AvgIpc) is 2.83. The van der Waals surface area contributed by atoms with Crippen LogP contribution < -0.4 is 10.4 Å². The van der Waals surface area contributed by atoms with Crippen LogP contribution in [0.3, 0.4) is 0 Å². The normalized spacial score (nSPS) is 13.4. The summed E-state index contributed by atoms with van der Waals surface area (Å²) in [5, 5.41) is 24.4. The van der Waals surface area contributed by atoms with Crippen molar-refractivity contribution < 1.29 is 33.8 Å². The van der Waals surface area contributed by atoms with Gasteiger partial charge in [-0.25, -0.2) is 0 Å². The lowest BCUT2D eigenvalue weighted by Crippen LogP contribution is -2.49. The standard InChI is InChI=1S/C29H58N2O6/c1-5-7-8-9-11-14-18-26(32)27(37-24-23-36-6-2)19-15-12-10-13-16-20-28(33)30-21-17-22-31(3,4)25-29(34)35/h26-27,32H,5-25H2,1-4H3,(H-,30,33,34,35). The zero-order valence-corrected chi connectivity index (χ0v) is 24.4. The van der Waals surface area contributed by atoms with E-state index in [0.717, 1.165) is 57.8 Å². The molecule has 0 bridgehead atoms. The summed E-state index contributed by atoms with van der Waals surface area (Å²) in [6.07, 6.45) is 14.7. The highest BCUT2D eigenvalue weighted by molar-refractivity contribution is 5.75. The van der Waals surface area contributed by atoms with E-state index in [4.69, 9.17) is 9.47 Å². The SMILES string of the molecule is CCCCCCCCC(O)C(CCCCCCCC(=O)NCCC[N+](C)(C)CC(=O)[O-])OCCOCC. The summed E-state index contributed by atoms with van der Waals surface area (Å²) in [7, 11) is 3.70. The maximum atomic E-state index is 12.0. The van der Waals surface area contributed by atoms with Gasteiger partial charge in [0.25, 0.3) is 0 Å². The second kappa shape index (κ2) is 23.9. The topological polar surface area (TPSA) is 108 Å². The Morgan fingerprint density at radius 3 is 2.14 bits per heavy atom. The molecule has 0 rings (SSSR count). The van der Waals surface area contributed by atoms with Crippen molar-refractivity contribution in [1.29, 1.82) is 0 Å². The first-order valence-corrected chi connectivity index (χ1v) is 14.9. The number of hydrogen-bond donors (Lipinski definition) is 2. The number of likely N-dealkylation sites (N-methyl/N-ethyl adjacent to an activating group) is 1. The molecule has 0 aliphatic heterocycles. The van der Waals surface area contributed by atoms with Crippen LogP contribution in [0.15, 0.2) is 0 Å². The number of rotatable bonds is 27. The highest BCUT2D eigenvalue weighted by Crippen LogP contribution is 2.18. The van der Waals surface area contributed by atoms with Crippen LogP contribution in [0.2, 0.25) is 0 Å². The molecule has 2 unspecified atom stereocenters. The number of aliphatic carboxylic acids is 1. The molecule has 0 aromatic carbocycles. The van der Waals surface area contributed by atoms with Crippen LogP contribution in [0.5, 0.6) is 0 Å². The monoisotopic (exact) mass is 530 g/mol. The maximum Gasteiger partial charge on any atom is 0.219 e. The van der Waals surface area contributed by atoms with E-state index < -0.39 is 12.1 Å². The zero-order valence-electron chi connectivity index (χ0n) is 24.4. The Balaban J connectivity index is 3.99. The summed E-state index contributed by atoms with van der Waals surface area (Å²) in [5.41, 5.74) is 0. The first-order chi connectivity index (χ1) is 17.7. The maximum absolute atomic E-state index is 12.0. The zero-order chi connectivity index (χ0) is 27.8. The summed E-state index contributed by atoms with van der Waals surface area (Å²) >= 11 is 0. The van der Waals surface area contributed by atoms with Crippen LogP contribution in [-0.2, 0) is 19.1 Å². The fourth-order valence-electron chi connectivity index (χ4n) is 4.52. The third kappa shape index (κ3) is 23.6. The van der Waals surface area contributed by atoms with Crippen LogP contribution in [-0.4, -0.2) is 87.2 Å². The van der Waals surface area contributed by atoms with Crippen molar-refractivity contribution in [2.45, 2.75) is 122 Å². The summed E-state index contributed by atoms with van der Waals surface area (Å²) in [6, 6.07) is 0. The molecule has 8 nitrogen and oxygen atoms in total. The van der Waals surface area contributed by atoms with E-state index in [1.807, 2.05) is 21.0 Å². The van der Waals surface area contributed by atoms with Gasteiger partial charge in [-0.05, 0) is 26.2 Å². The van der Waals surface area contributed by atoms with Crippen LogP contribution in [0.25, 0.3) is 0 Å². The number of carboxylic acids is 1. The van der Waals surface area contributed by atoms with Crippen molar-refractivity contribution in [2.75, 3.05) is 53.6 Å². The largest absolute Gasteiger partial charge is 0.544 e. The van der Waals surface area contributed by atoms with Gasteiger partial charge in [0.2, 0.25) is 5.91 Å². The minimum atomic E-state index is -1.05. The van der Waals surface area contributed by atoms with Crippen molar-refractivity contribution in [3.8, 4) is 0 Å². The van der Waals surface area contributed by atoms with Crippen LogP contribution >= 0.6 is 0 Å². The Morgan fingerprint density at radius 1 is 0.865 bits per heavy atom. The molecule has 0 spiro atoms. The molecule has 1 amide bonds. The van der Waals surface area contributed by atoms with Crippen molar-refractivity contribution in [3.63, 3.8) is 0 Å². The van der Waals surface area contributed by atoms with Crippen LogP contribution in [0.1, 0.15) is 110 Å². The minimum absolute atomic E-state index is 0.0217. The van der Waals surface area contributed by atoms with E-state index in [0.29, 0.717) is 43.8 Å². The second-order valence-corrected chi connectivity index (χ2v) is 10.9. The van der Waals surface area contributed by atoms with E-state index >= 15 is 0 Å². The lowest BCUT2D eigenvalue weighted by atomic mass is 9.99. The van der Waals surface area contributed by atoms with Gasteiger partial charge in [-0.15, -0.1) is 0 Å². The molecule has 0 aromatic heterocycles. The second-order valence-electron chi connectivity index (χ2n) is 10.9. The van der Waals surface area contributed by atoms with Crippen molar-refractivity contribution >= 4 is 11.9 Å². The molecule has 0 saturated carbocycles. The Hall–Kier alpha value is -1.22. The van der Waals surface area contributed by atoms with E-state index in [1.165, 1.54) is 32.1 Å². The van der Waals surface area contributed by atoms with Crippen molar-refractivity contribution in [3.05, 3.63) is 0 Å². The van der Waals surface area contributed by atoms with E-state index in [9.17, 15) is 19.8 Å². The van der Waals surface area contributed by atoms with Gasteiger partial charge in [-0.3, -0.25) is 4.79 Å². The summed E-state index contributed by atoms with van der Waals surface area (Å²) in [5.74, 6) is -0.992. The van der Waals surface area contributed by atoms with Gasteiger partial charge in [0, 0.05) is 26.0 Å².